The third kappa shape index (κ3) is 4.73. The van der Waals surface area contributed by atoms with Gasteiger partial charge in [0.05, 0.1) is 17.7 Å². The molecule has 0 atom stereocenters. The quantitative estimate of drug-likeness (QED) is 0.823. The first-order valence-electron chi connectivity index (χ1n) is 7.81. The Labute approximate surface area is 148 Å². The van der Waals surface area contributed by atoms with Crippen LogP contribution in [0.2, 0.25) is 0 Å². The molecule has 2 aromatic carbocycles. The average molecular weight is 362 g/mol. The second-order valence-electron chi connectivity index (χ2n) is 5.93. The molecule has 0 spiro atoms. The van der Waals surface area contributed by atoms with Gasteiger partial charge in [-0.2, -0.15) is 0 Å². The summed E-state index contributed by atoms with van der Waals surface area (Å²) in [6, 6.07) is 11.6. The molecular formula is C18H22N2O4S. The largest absolute Gasteiger partial charge is 0.495 e. The van der Waals surface area contributed by atoms with E-state index in [2.05, 4.69) is 10.0 Å². The van der Waals surface area contributed by atoms with Gasteiger partial charge in [-0.15, -0.1) is 0 Å². The second kappa shape index (κ2) is 7.57. The molecule has 0 aliphatic rings. The van der Waals surface area contributed by atoms with Crippen molar-refractivity contribution in [3.63, 3.8) is 0 Å². The molecule has 2 rings (SSSR count). The van der Waals surface area contributed by atoms with Crippen LogP contribution >= 0.6 is 0 Å². The van der Waals surface area contributed by atoms with Crippen molar-refractivity contribution in [2.45, 2.75) is 31.6 Å². The van der Waals surface area contributed by atoms with E-state index in [4.69, 9.17) is 4.74 Å². The van der Waals surface area contributed by atoms with Crippen molar-refractivity contribution in [1.29, 1.82) is 0 Å². The number of benzene rings is 2. The molecule has 0 heterocycles. The molecule has 6 nitrogen and oxygen atoms in total. The number of amides is 1. The molecule has 0 aliphatic carbocycles. The number of carbonyl (C=O) groups is 1. The summed E-state index contributed by atoms with van der Waals surface area (Å²) < 4.78 is 33.0. The van der Waals surface area contributed by atoms with E-state index in [9.17, 15) is 13.2 Å². The van der Waals surface area contributed by atoms with Crippen LogP contribution in [0.1, 0.15) is 32.3 Å². The van der Waals surface area contributed by atoms with E-state index in [-0.39, 0.29) is 16.6 Å². The smallest absolute Gasteiger partial charge is 0.262 e. The zero-order chi connectivity index (χ0) is 18.6. The number of nitrogens with one attached hydrogen (secondary N) is 2. The van der Waals surface area contributed by atoms with Crippen LogP contribution < -0.4 is 14.8 Å². The van der Waals surface area contributed by atoms with E-state index < -0.39 is 10.0 Å². The average Bonchev–Trinajstić information content (AvgIpc) is 2.54. The highest BCUT2D eigenvalue weighted by Crippen LogP contribution is 2.29. The summed E-state index contributed by atoms with van der Waals surface area (Å²) in [5.74, 6) is 0.299. The lowest BCUT2D eigenvalue weighted by Crippen LogP contribution is -2.14. The summed E-state index contributed by atoms with van der Waals surface area (Å²) >= 11 is 0. The molecule has 0 aliphatic heterocycles. The first-order chi connectivity index (χ1) is 11.7. The summed E-state index contributed by atoms with van der Waals surface area (Å²) in [7, 11) is -2.36. The van der Waals surface area contributed by atoms with Gasteiger partial charge in [0.25, 0.3) is 10.0 Å². The molecule has 7 heteroatoms. The van der Waals surface area contributed by atoms with Crippen LogP contribution in [0.25, 0.3) is 0 Å². The van der Waals surface area contributed by atoms with E-state index >= 15 is 0 Å². The molecule has 1 amide bonds. The molecule has 0 bridgehead atoms. The van der Waals surface area contributed by atoms with Crippen molar-refractivity contribution >= 4 is 27.3 Å². The van der Waals surface area contributed by atoms with Crippen molar-refractivity contribution in [2.75, 3.05) is 17.1 Å². The highest BCUT2D eigenvalue weighted by atomic mass is 32.2. The Hall–Kier alpha value is -2.54. The van der Waals surface area contributed by atoms with E-state index in [0.29, 0.717) is 17.3 Å². The normalized spacial score (nSPS) is 11.2. The third-order valence-electron chi connectivity index (χ3n) is 3.60. The maximum Gasteiger partial charge on any atom is 0.262 e. The van der Waals surface area contributed by atoms with Gasteiger partial charge in [-0.1, -0.05) is 26.0 Å². The van der Waals surface area contributed by atoms with E-state index in [1.807, 2.05) is 32.0 Å². The predicted octanol–water partition coefficient (Wildman–Crippen LogP) is 3.58. The summed E-state index contributed by atoms with van der Waals surface area (Å²) in [5.41, 5.74) is 1.95. The highest BCUT2D eigenvalue weighted by Gasteiger charge is 2.17. The van der Waals surface area contributed by atoms with E-state index in [1.54, 1.807) is 6.07 Å². The lowest BCUT2D eigenvalue weighted by Gasteiger charge is -2.13. The van der Waals surface area contributed by atoms with Crippen LogP contribution in [0.3, 0.4) is 0 Å². The van der Waals surface area contributed by atoms with Gasteiger partial charge in [-0.25, -0.2) is 8.42 Å². The number of rotatable bonds is 6. The fraction of sp³-hybridized carbons (Fsp3) is 0.278. The number of carbonyl (C=O) groups excluding carboxylic acids is 1. The Kier molecular flexibility index (Phi) is 5.69. The molecule has 134 valence electrons. The first kappa shape index (κ1) is 18.8. The zero-order valence-corrected chi connectivity index (χ0v) is 15.5. The van der Waals surface area contributed by atoms with Gasteiger partial charge in [0, 0.05) is 18.7 Å². The molecule has 0 fully saturated rings. The molecule has 0 saturated heterocycles. The van der Waals surface area contributed by atoms with Gasteiger partial charge in [-0.3, -0.25) is 9.52 Å². The predicted molar refractivity (Wildman–Crippen MR) is 98.6 cm³/mol. The van der Waals surface area contributed by atoms with Gasteiger partial charge in [0.1, 0.15) is 5.75 Å². The van der Waals surface area contributed by atoms with E-state index in [1.165, 1.54) is 32.2 Å². The Morgan fingerprint density at radius 3 is 2.44 bits per heavy atom. The minimum absolute atomic E-state index is 0.0494. The van der Waals surface area contributed by atoms with Gasteiger partial charge >= 0.3 is 0 Å². The molecule has 25 heavy (non-hydrogen) atoms. The molecular weight excluding hydrogens is 340 g/mol. The standard InChI is InChI=1S/C18H22N2O4S/c1-12(2)14-6-5-7-15(10-14)20-25(22,23)16-8-9-17(19-13(3)21)18(11-16)24-4/h5-12,20H,1-4H3,(H,19,21). The third-order valence-corrected chi connectivity index (χ3v) is 4.98. The fourth-order valence-electron chi connectivity index (χ4n) is 2.31. The van der Waals surface area contributed by atoms with Crippen molar-refractivity contribution < 1.29 is 17.9 Å². The summed E-state index contributed by atoms with van der Waals surface area (Å²) in [6.45, 7) is 5.45. The van der Waals surface area contributed by atoms with Gasteiger partial charge in [-0.05, 0) is 35.7 Å². The van der Waals surface area contributed by atoms with Gasteiger partial charge < -0.3 is 10.1 Å². The summed E-state index contributed by atoms with van der Waals surface area (Å²) in [5, 5.41) is 2.59. The van der Waals surface area contributed by atoms with Crippen molar-refractivity contribution in [1.82, 2.24) is 0 Å². The van der Waals surface area contributed by atoms with Crippen LogP contribution in [0.4, 0.5) is 11.4 Å². The van der Waals surface area contributed by atoms with Crippen LogP contribution in [0.15, 0.2) is 47.4 Å². The summed E-state index contributed by atoms with van der Waals surface area (Å²) in [4.78, 5) is 11.2. The Bertz CT molecular complexity index is 876. The Morgan fingerprint density at radius 1 is 1.12 bits per heavy atom. The molecule has 2 aromatic rings. The van der Waals surface area contributed by atoms with Crippen molar-refractivity contribution in [2.24, 2.45) is 0 Å². The number of hydrogen-bond donors (Lipinski definition) is 2. The van der Waals surface area contributed by atoms with Crippen LogP contribution in [-0.4, -0.2) is 21.4 Å². The van der Waals surface area contributed by atoms with Gasteiger partial charge in [0.15, 0.2) is 0 Å². The topological polar surface area (TPSA) is 84.5 Å². The van der Waals surface area contributed by atoms with Crippen LogP contribution in [0.5, 0.6) is 5.75 Å². The van der Waals surface area contributed by atoms with E-state index in [0.717, 1.165) is 5.56 Å². The monoisotopic (exact) mass is 362 g/mol. The number of anilines is 2. The van der Waals surface area contributed by atoms with Crippen molar-refractivity contribution in [3.05, 3.63) is 48.0 Å². The summed E-state index contributed by atoms with van der Waals surface area (Å²) in [6.07, 6.45) is 0. The maximum atomic E-state index is 12.6. The Balaban J connectivity index is 2.33. The lowest BCUT2D eigenvalue weighted by atomic mass is 10.0. The molecule has 0 radical (unpaired) electrons. The Morgan fingerprint density at radius 2 is 1.84 bits per heavy atom. The highest BCUT2D eigenvalue weighted by molar-refractivity contribution is 7.92. The number of hydrogen-bond acceptors (Lipinski definition) is 4. The molecule has 0 aromatic heterocycles. The lowest BCUT2D eigenvalue weighted by molar-refractivity contribution is -0.114. The number of ether oxygens (including phenoxy) is 1. The van der Waals surface area contributed by atoms with Crippen LogP contribution in [-0.2, 0) is 14.8 Å². The minimum Gasteiger partial charge on any atom is -0.495 e. The van der Waals surface area contributed by atoms with Crippen molar-refractivity contribution in [3.8, 4) is 5.75 Å². The molecule has 2 N–H and O–H groups in total. The SMILES string of the molecule is COc1cc(S(=O)(=O)Nc2cccc(C(C)C)c2)ccc1NC(C)=O. The first-order valence-corrected chi connectivity index (χ1v) is 9.29. The molecule has 0 saturated carbocycles. The minimum atomic E-state index is -3.78. The number of sulfonamides is 1. The van der Waals surface area contributed by atoms with Gasteiger partial charge in [0.2, 0.25) is 5.91 Å². The van der Waals surface area contributed by atoms with Crippen LogP contribution in [0, 0.1) is 0 Å². The zero-order valence-electron chi connectivity index (χ0n) is 14.7. The molecule has 0 unspecified atom stereocenters. The fourth-order valence-corrected chi connectivity index (χ4v) is 3.37. The number of methoxy groups -OCH3 is 1. The second-order valence-corrected chi connectivity index (χ2v) is 7.61. The maximum absolute atomic E-state index is 12.6.